The molecule has 2 aromatic carbocycles. The summed E-state index contributed by atoms with van der Waals surface area (Å²) in [6, 6.07) is 18.3. The van der Waals surface area contributed by atoms with Crippen LogP contribution in [0.5, 0.6) is 0 Å². The number of aryl methyl sites for hydroxylation is 1. The molecule has 6 aliphatic carbocycles. The van der Waals surface area contributed by atoms with Gasteiger partial charge in [0.05, 0.1) is 35.2 Å². The highest BCUT2D eigenvalue weighted by Gasteiger charge is 2.72. The number of imidazole rings is 1. The van der Waals surface area contributed by atoms with Gasteiger partial charge in [0.1, 0.15) is 18.5 Å². The predicted molar refractivity (Wildman–Crippen MR) is 263 cm³/mol. The van der Waals surface area contributed by atoms with Crippen LogP contribution in [-0.4, -0.2) is 45.4 Å². The summed E-state index contributed by atoms with van der Waals surface area (Å²) in [6.07, 6.45) is 14.8. The lowest BCUT2D eigenvalue weighted by molar-refractivity contribution is -0.251. The third-order valence-corrected chi connectivity index (χ3v) is 21.5. The molecule has 0 unspecified atom stereocenters. The van der Waals surface area contributed by atoms with E-state index in [1.807, 2.05) is 50.4 Å². The molecule has 1 N–H and O–H groups in total. The van der Waals surface area contributed by atoms with Crippen LogP contribution >= 0.6 is 0 Å². The molecule has 7 fully saturated rings. The summed E-state index contributed by atoms with van der Waals surface area (Å²) >= 11 is 0. The molecule has 1 amide bonds. The van der Waals surface area contributed by atoms with E-state index in [-0.39, 0.29) is 69.6 Å². The van der Waals surface area contributed by atoms with Gasteiger partial charge in [-0.25, -0.2) is 4.98 Å². The van der Waals surface area contributed by atoms with Gasteiger partial charge in [-0.05, 0) is 160 Å². The molecule has 1 aliphatic heterocycles. The zero-order chi connectivity index (χ0) is 47.5. The SMILES string of the molecule is C=C(C)[C@@H]1CC[C@]2(C(=O)N3CCC[C@H]3c3ncc(-c4ccc(C)cc4)[nH]3)CC[C@]3(C)[C@H](CC[C@@H]4[C@@]5(C)CC[C@H](OC(=O)[C@H]6C[C@@H](C(=O)OCc7ccccc7)C6(C)C)C(C)(C)[C@@H]5CC[C@]43C)[C@@H]12. The molecular formula is C59H79N3O5. The first-order valence-electron chi connectivity index (χ1n) is 26.3. The summed E-state index contributed by atoms with van der Waals surface area (Å²) in [7, 11) is 0. The van der Waals surface area contributed by atoms with Gasteiger partial charge in [0, 0.05) is 12.0 Å². The fourth-order valence-corrected chi connectivity index (χ4v) is 17.4. The summed E-state index contributed by atoms with van der Waals surface area (Å²) < 4.78 is 12.4. The van der Waals surface area contributed by atoms with Crippen molar-refractivity contribution < 1.29 is 23.9 Å². The quantitative estimate of drug-likeness (QED) is 0.169. The molecule has 3 aromatic rings. The normalized spacial score (nSPS) is 39.2. The number of esters is 2. The number of rotatable bonds is 9. The highest BCUT2D eigenvalue weighted by molar-refractivity contribution is 5.85. The minimum Gasteiger partial charge on any atom is -0.462 e. The Morgan fingerprint density at radius 1 is 0.776 bits per heavy atom. The molecule has 0 bridgehead atoms. The highest BCUT2D eigenvalue weighted by atomic mass is 16.5. The number of aromatic amines is 1. The summed E-state index contributed by atoms with van der Waals surface area (Å²) in [4.78, 5) is 53.9. The molecule has 7 aliphatic rings. The topological polar surface area (TPSA) is 102 Å². The average molecular weight is 910 g/mol. The minimum absolute atomic E-state index is 0.0220. The zero-order valence-electron chi connectivity index (χ0n) is 42.2. The Morgan fingerprint density at radius 2 is 1.51 bits per heavy atom. The fourth-order valence-electron chi connectivity index (χ4n) is 17.4. The van der Waals surface area contributed by atoms with Crippen molar-refractivity contribution >= 4 is 17.8 Å². The van der Waals surface area contributed by atoms with Crippen LogP contribution in [0, 0.1) is 80.8 Å². The third-order valence-electron chi connectivity index (χ3n) is 21.5. The Balaban J connectivity index is 0.848. The number of H-pyrrole nitrogens is 1. The van der Waals surface area contributed by atoms with Gasteiger partial charge in [-0.2, -0.15) is 0 Å². The van der Waals surface area contributed by atoms with Crippen LogP contribution < -0.4 is 0 Å². The number of benzene rings is 2. The molecule has 13 atom stereocenters. The van der Waals surface area contributed by atoms with E-state index in [4.69, 9.17) is 14.5 Å². The number of ether oxygens (including phenoxy) is 2. The molecule has 1 aromatic heterocycles. The first kappa shape index (κ1) is 46.5. The smallest absolute Gasteiger partial charge is 0.309 e. The standard InChI is InChI=1S/C59H79N3O5/c1-36(2)40-24-29-59(53(65)62-32-14-17-45(62)50-60-34-44(61-50)39-20-18-37(3)19-21-39)31-30-57(9)41(49(40)59)22-23-47-56(8)27-26-48(55(6,7)46(56)25-28-58(47,57)10)67-52(64)43-33-42(54(43,4)5)51(63)66-35-38-15-12-11-13-16-38/h11-13,15-16,18-21,34,40-43,45-49H,1,14,17,22-33,35H2,2-10H3,(H,60,61)/t40-,41+,42-,43+,45-,46-,47+,48-,49+,56-,57+,58+,59-/m0/s1. The van der Waals surface area contributed by atoms with Crippen molar-refractivity contribution in [3.8, 4) is 11.3 Å². The van der Waals surface area contributed by atoms with Crippen molar-refractivity contribution in [2.24, 2.45) is 73.9 Å². The summed E-state index contributed by atoms with van der Waals surface area (Å²) in [5, 5.41) is 0. The Kier molecular flexibility index (Phi) is 11.4. The summed E-state index contributed by atoms with van der Waals surface area (Å²) in [6.45, 7) is 26.8. The van der Waals surface area contributed by atoms with Crippen LogP contribution in [-0.2, 0) is 30.5 Å². The predicted octanol–water partition coefficient (Wildman–Crippen LogP) is 13.0. The molecule has 1 saturated heterocycles. The van der Waals surface area contributed by atoms with E-state index in [2.05, 4.69) is 89.2 Å². The van der Waals surface area contributed by atoms with E-state index < -0.39 is 5.41 Å². The first-order valence-corrected chi connectivity index (χ1v) is 26.3. The summed E-state index contributed by atoms with van der Waals surface area (Å²) in [5.74, 6) is 2.41. The van der Waals surface area contributed by atoms with E-state index in [0.717, 1.165) is 93.4 Å². The average Bonchev–Trinajstić information content (AvgIpc) is 4.07. The third kappa shape index (κ3) is 7.07. The van der Waals surface area contributed by atoms with Crippen LogP contribution in [0.1, 0.15) is 162 Å². The van der Waals surface area contributed by atoms with Gasteiger partial charge in [0.25, 0.3) is 0 Å². The molecule has 8 heteroatoms. The molecule has 0 spiro atoms. The molecule has 0 radical (unpaired) electrons. The molecule has 10 rings (SSSR count). The largest absolute Gasteiger partial charge is 0.462 e. The van der Waals surface area contributed by atoms with Gasteiger partial charge in [0.2, 0.25) is 5.91 Å². The first-order chi connectivity index (χ1) is 31.8. The number of carbonyl (C=O) groups is 3. The van der Waals surface area contributed by atoms with Gasteiger partial charge < -0.3 is 19.4 Å². The number of hydrogen-bond donors (Lipinski definition) is 1. The van der Waals surface area contributed by atoms with Crippen molar-refractivity contribution in [1.82, 2.24) is 14.9 Å². The van der Waals surface area contributed by atoms with Crippen LogP contribution in [0.15, 0.2) is 72.9 Å². The maximum atomic E-state index is 15.6. The molecule has 6 saturated carbocycles. The lowest BCUT2D eigenvalue weighted by Crippen LogP contribution is -2.67. The number of allylic oxidation sites excluding steroid dienone is 1. The van der Waals surface area contributed by atoms with Gasteiger partial charge in [0.15, 0.2) is 0 Å². The number of nitrogens with zero attached hydrogens (tertiary/aromatic N) is 2. The lowest BCUT2D eigenvalue weighted by Gasteiger charge is -2.73. The number of fused-ring (bicyclic) bond motifs is 7. The number of hydrogen-bond acceptors (Lipinski definition) is 6. The van der Waals surface area contributed by atoms with Gasteiger partial charge in [-0.3, -0.25) is 14.4 Å². The molecular weight excluding hydrogens is 831 g/mol. The van der Waals surface area contributed by atoms with Crippen molar-refractivity contribution in [3.63, 3.8) is 0 Å². The van der Waals surface area contributed by atoms with E-state index in [1.54, 1.807) is 0 Å². The number of aromatic nitrogens is 2. The molecule has 67 heavy (non-hydrogen) atoms. The lowest BCUT2D eigenvalue weighted by atomic mass is 9.32. The van der Waals surface area contributed by atoms with Crippen molar-refractivity contribution in [3.05, 3.63) is 89.9 Å². The Bertz CT molecular complexity index is 2400. The fraction of sp³-hybridized carbons (Fsp3) is 0.661. The molecule has 360 valence electrons. The molecule has 8 nitrogen and oxygen atoms in total. The van der Waals surface area contributed by atoms with Crippen molar-refractivity contribution in [2.75, 3.05) is 6.54 Å². The Labute approximate surface area is 401 Å². The summed E-state index contributed by atoms with van der Waals surface area (Å²) in [5.41, 5.74) is 4.88. The second kappa shape index (κ2) is 16.5. The second-order valence-corrected chi connectivity index (χ2v) is 25.1. The van der Waals surface area contributed by atoms with E-state index in [9.17, 15) is 9.59 Å². The number of nitrogens with one attached hydrogen (secondary N) is 1. The maximum Gasteiger partial charge on any atom is 0.309 e. The number of amides is 1. The van der Waals surface area contributed by atoms with Gasteiger partial charge in [-0.1, -0.05) is 121 Å². The Hall–Kier alpha value is -4.20. The van der Waals surface area contributed by atoms with Crippen LogP contribution in [0.3, 0.4) is 0 Å². The zero-order valence-corrected chi connectivity index (χ0v) is 42.2. The second-order valence-electron chi connectivity index (χ2n) is 25.1. The highest BCUT2D eigenvalue weighted by Crippen LogP contribution is 2.78. The maximum absolute atomic E-state index is 15.6. The molecule has 2 heterocycles. The van der Waals surface area contributed by atoms with E-state index >= 15 is 4.79 Å². The van der Waals surface area contributed by atoms with Crippen LogP contribution in [0.25, 0.3) is 11.3 Å². The number of likely N-dealkylation sites (tertiary alicyclic amines) is 1. The van der Waals surface area contributed by atoms with Gasteiger partial charge >= 0.3 is 11.9 Å². The van der Waals surface area contributed by atoms with E-state index in [0.29, 0.717) is 41.9 Å². The number of carbonyl (C=O) groups excluding carboxylic acids is 3. The Morgan fingerprint density at radius 3 is 2.22 bits per heavy atom. The monoisotopic (exact) mass is 910 g/mol. The van der Waals surface area contributed by atoms with Crippen molar-refractivity contribution in [2.45, 2.75) is 165 Å². The van der Waals surface area contributed by atoms with Crippen LogP contribution in [0.2, 0.25) is 0 Å². The van der Waals surface area contributed by atoms with Gasteiger partial charge in [-0.15, -0.1) is 0 Å². The van der Waals surface area contributed by atoms with Crippen molar-refractivity contribution in [1.29, 1.82) is 0 Å². The van der Waals surface area contributed by atoms with Crippen LogP contribution in [0.4, 0.5) is 0 Å². The minimum atomic E-state index is -0.523. The van der Waals surface area contributed by atoms with E-state index in [1.165, 1.54) is 24.0 Å².